The lowest BCUT2D eigenvalue weighted by Crippen LogP contribution is -2.38. The highest BCUT2D eigenvalue weighted by atomic mass is 32.1. The van der Waals surface area contributed by atoms with E-state index in [1.165, 1.54) is 11.3 Å². The summed E-state index contributed by atoms with van der Waals surface area (Å²) in [7, 11) is 0. The summed E-state index contributed by atoms with van der Waals surface area (Å²) in [6.45, 7) is 1.65. The van der Waals surface area contributed by atoms with Crippen LogP contribution < -0.4 is 5.32 Å². The maximum atomic E-state index is 11.8. The molecule has 34 heavy (non-hydrogen) atoms. The number of aromatic nitrogens is 1. The fourth-order valence-corrected chi connectivity index (χ4v) is 4.50. The zero-order chi connectivity index (χ0) is 24.0. The van der Waals surface area contributed by atoms with Gasteiger partial charge in [0.05, 0.1) is 0 Å². The summed E-state index contributed by atoms with van der Waals surface area (Å²) in [6, 6.07) is 30.3. The molecule has 0 aliphatic rings. The molecule has 1 aromatic heterocycles. The minimum Gasteiger partial charge on any atom is -0.476 e. The molecule has 2 N–H and O–H groups in total. The van der Waals surface area contributed by atoms with E-state index in [0.717, 1.165) is 16.7 Å². The van der Waals surface area contributed by atoms with Crippen LogP contribution in [0.1, 0.15) is 29.3 Å². The fourth-order valence-electron chi connectivity index (χ4n) is 3.71. The highest BCUT2D eigenvalue weighted by Gasteiger charge is 2.37. The fraction of sp³-hybridized carbons (Fsp3) is 0.115. The summed E-state index contributed by atoms with van der Waals surface area (Å²) in [5.74, 6) is -1.23. The Labute approximate surface area is 207 Å². The van der Waals surface area contributed by atoms with Gasteiger partial charge in [-0.25, -0.2) is 9.78 Å². The van der Waals surface area contributed by atoms with Gasteiger partial charge in [-0.2, -0.15) is 0 Å². The molecule has 8 heteroatoms. The number of aliphatic carboxylic acids is 1. The van der Waals surface area contributed by atoms with E-state index in [1.807, 2.05) is 54.6 Å². The maximum Gasteiger partial charge on any atom is 0.360 e. The van der Waals surface area contributed by atoms with Crippen molar-refractivity contribution in [3.8, 4) is 0 Å². The van der Waals surface area contributed by atoms with E-state index < -0.39 is 16.9 Å². The lowest BCUT2D eigenvalue weighted by molar-refractivity contribution is -0.129. The van der Waals surface area contributed by atoms with E-state index in [0.29, 0.717) is 5.13 Å². The van der Waals surface area contributed by atoms with Gasteiger partial charge in [0, 0.05) is 5.38 Å². The molecule has 0 bridgehead atoms. The Hall–Kier alpha value is -3.62. The summed E-state index contributed by atoms with van der Waals surface area (Å²) in [4.78, 5) is 21.4. The molecule has 172 valence electrons. The summed E-state index contributed by atoms with van der Waals surface area (Å²) >= 11 is 5.38. The number of hydrogen-bond acceptors (Lipinski definition) is 7. The largest absolute Gasteiger partial charge is 0.476 e. The smallest absolute Gasteiger partial charge is 0.360 e. The van der Waals surface area contributed by atoms with Crippen LogP contribution in [0.5, 0.6) is 0 Å². The van der Waals surface area contributed by atoms with Crippen LogP contribution in [0.25, 0.3) is 0 Å². The molecule has 1 heterocycles. The van der Waals surface area contributed by atoms with Crippen molar-refractivity contribution >= 4 is 40.8 Å². The molecular weight excluding hydrogens is 466 g/mol. The Balaban J connectivity index is 1.85. The third-order valence-corrected chi connectivity index (χ3v) is 6.01. The summed E-state index contributed by atoms with van der Waals surface area (Å²) in [5, 5.41) is 19.2. The van der Waals surface area contributed by atoms with Gasteiger partial charge < -0.3 is 15.3 Å². The van der Waals surface area contributed by atoms with Crippen molar-refractivity contribution in [2.75, 3.05) is 5.32 Å². The Bertz CT molecular complexity index is 1160. The van der Waals surface area contributed by atoms with Crippen LogP contribution in [0.2, 0.25) is 0 Å². The first-order valence-corrected chi connectivity index (χ1v) is 12.0. The molecule has 0 saturated carbocycles. The van der Waals surface area contributed by atoms with E-state index in [4.69, 9.17) is 4.84 Å². The first-order chi connectivity index (χ1) is 16.5. The Morgan fingerprint density at radius 2 is 1.44 bits per heavy atom. The van der Waals surface area contributed by atoms with E-state index in [2.05, 4.69) is 64.5 Å². The molecule has 4 rings (SSSR count). The third-order valence-electron chi connectivity index (χ3n) is 5.16. The topological polar surface area (TPSA) is 83.8 Å². The van der Waals surface area contributed by atoms with Gasteiger partial charge in [-0.3, -0.25) is 0 Å². The number of carbonyl (C=O) groups is 1. The number of nitrogens with one attached hydrogen (secondary N) is 1. The number of oxime groups is 1. The monoisotopic (exact) mass is 489 g/mol. The molecule has 0 amide bonds. The van der Waals surface area contributed by atoms with Gasteiger partial charge >= 0.3 is 5.97 Å². The minimum absolute atomic E-state index is 0.206. The predicted molar refractivity (Wildman–Crippen MR) is 139 cm³/mol. The van der Waals surface area contributed by atoms with Crippen LogP contribution in [0, 0.1) is 0 Å². The summed E-state index contributed by atoms with van der Waals surface area (Å²) in [5.41, 5.74) is 1.66. The number of anilines is 1. The van der Waals surface area contributed by atoms with Crippen molar-refractivity contribution in [2.45, 2.75) is 17.9 Å². The normalized spacial score (nSPS) is 12.7. The third kappa shape index (κ3) is 4.98. The Morgan fingerprint density at radius 1 is 0.971 bits per heavy atom. The average molecular weight is 490 g/mol. The van der Waals surface area contributed by atoms with Crippen LogP contribution >= 0.6 is 24.0 Å². The number of benzene rings is 3. The summed E-state index contributed by atoms with van der Waals surface area (Å²) < 4.78 is 0. The number of thiazole rings is 1. The molecule has 0 fully saturated rings. The molecule has 3 aromatic carbocycles. The molecule has 0 aliphatic carbocycles. The van der Waals surface area contributed by atoms with Crippen molar-refractivity contribution < 1.29 is 14.7 Å². The van der Waals surface area contributed by atoms with Crippen molar-refractivity contribution in [1.29, 1.82) is 0 Å². The first kappa shape index (κ1) is 23.5. The Morgan fingerprint density at radius 3 is 1.85 bits per heavy atom. The van der Waals surface area contributed by atoms with Crippen molar-refractivity contribution in [2.24, 2.45) is 5.16 Å². The molecular formula is C26H23N3O3S2. The van der Waals surface area contributed by atoms with Gasteiger partial charge in [-0.05, 0) is 23.6 Å². The van der Waals surface area contributed by atoms with Crippen LogP contribution in [-0.4, -0.2) is 27.2 Å². The number of carboxylic acids is 1. The standard InChI is InChI=1S/C26H23N3O3S2/c1-18(33)32-29-23(24(30)31)22-17-34-25(27-22)28-26(19-11-5-2-6-12-19,20-13-7-3-8-14-20)21-15-9-4-10-16-21/h2-18,33H,1H3,(H,27,28)(H,30,31)/b29-23-. The van der Waals surface area contributed by atoms with Crippen molar-refractivity contribution in [3.05, 3.63) is 119 Å². The number of nitrogens with zero attached hydrogens (tertiary/aromatic N) is 2. The minimum atomic E-state index is -1.23. The lowest BCUT2D eigenvalue weighted by Gasteiger charge is -2.36. The maximum absolute atomic E-state index is 11.8. The second kappa shape index (κ2) is 10.5. The number of thiol groups is 1. The highest BCUT2D eigenvalue weighted by molar-refractivity contribution is 7.80. The van der Waals surface area contributed by atoms with Gasteiger partial charge in [0.1, 0.15) is 11.2 Å². The number of carboxylic acid groups (broad SMARTS) is 1. The predicted octanol–water partition coefficient (Wildman–Crippen LogP) is 5.63. The van der Waals surface area contributed by atoms with E-state index in [-0.39, 0.29) is 11.4 Å². The number of hydrogen-bond donors (Lipinski definition) is 3. The molecule has 1 atom stereocenters. The number of rotatable bonds is 9. The van der Waals surface area contributed by atoms with Gasteiger partial charge in [0.25, 0.3) is 0 Å². The molecule has 0 aliphatic heterocycles. The van der Waals surface area contributed by atoms with E-state index in [9.17, 15) is 9.90 Å². The van der Waals surface area contributed by atoms with E-state index >= 15 is 0 Å². The lowest BCUT2D eigenvalue weighted by atomic mass is 9.77. The van der Waals surface area contributed by atoms with Crippen molar-refractivity contribution in [1.82, 2.24) is 4.98 Å². The molecule has 1 unspecified atom stereocenters. The second-order valence-corrected chi connectivity index (χ2v) is 9.05. The SMILES string of the molecule is CC(S)O/N=C(\C(=O)O)c1csc(NC(c2ccccc2)(c2ccccc2)c2ccccc2)n1. The molecule has 6 nitrogen and oxygen atoms in total. The zero-order valence-corrected chi connectivity index (χ0v) is 20.0. The highest BCUT2D eigenvalue weighted by Crippen LogP contribution is 2.40. The zero-order valence-electron chi connectivity index (χ0n) is 18.3. The first-order valence-electron chi connectivity index (χ1n) is 10.6. The molecule has 4 aromatic rings. The van der Waals surface area contributed by atoms with Crippen molar-refractivity contribution in [3.63, 3.8) is 0 Å². The van der Waals surface area contributed by atoms with E-state index in [1.54, 1.807) is 12.3 Å². The van der Waals surface area contributed by atoms with Crippen LogP contribution in [-0.2, 0) is 15.2 Å². The van der Waals surface area contributed by atoms with Gasteiger partial charge in [0.15, 0.2) is 10.6 Å². The van der Waals surface area contributed by atoms with Crippen LogP contribution in [0.15, 0.2) is 102 Å². The average Bonchev–Trinajstić information content (AvgIpc) is 3.32. The molecule has 0 radical (unpaired) electrons. The van der Waals surface area contributed by atoms with Gasteiger partial charge in [-0.1, -0.05) is 96.2 Å². The molecule has 0 spiro atoms. The van der Waals surface area contributed by atoms with Gasteiger partial charge in [-0.15, -0.1) is 24.0 Å². The van der Waals surface area contributed by atoms with Crippen LogP contribution in [0.3, 0.4) is 0 Å². The second-order valence-electron chi connectivity index (χ2n) is 7.46. The Kier molecular flexibility index (Phi) is 7.30. The molecule has 0 saturated heterocycles. The summed E-state index contributed by atoms with van der Waals surface area (Å²) in [6.07, 6.45) is 0. The quantitative estimate of drug-likeness (QED) is 0.0933. The van der Waals surface area contributed by atoms with Crippen LogP contribution in [0.4, 0.5) is 5.13 Å². The van der Waals surface area contributed by atoms with Gasteiger partial charge in [0.2, 0.25) is 5.71 Å².